The third-order valence-corrected chi connectivity index (χ3v) is 2.34. The van der Waals surface area contributed by atoms with Crippen LogP contribution in [0.15, 0.2) is 36.7 Å². The summed E-state index contributed by atoms with van der Waals surface area (Å²) in [5.41, 5.74) is 6.29. The van der Waals surface area contributed by atoms with Crippen LogP contribution in [0.25, 0.3) is 0 Å². The van der Waals surface area contributed by atoms with Gasteiger partial charge < -0.3 is 15.8 Å². The SMILES string of the molecule is Nc1ccc(OCCNc2cncc(Cl)n2)cc1. The van der Waals surface area contributed by atoms with Crippen LogP contribution in [0.2, 0.25) is 5.15 Å². The summed E-state index contributed by atoms with van der Waals surface area (Å²) in [4.78, 5) is 7.97. The van der Waals surface area contributed by atoms with Gasteiger partial charge in [-0.05, 0) is 24.3 Å². The normalized spacial score (nSPS) is 10.1. The van der Waals surface area contributed by atoms with Crippen LogP contribution in [0.3, 0.4) is 0 Å². The maximum Gasteiger partial charge on any atom is 0.149 e. The maximum absolute atomic E-state index is 5.71. The zero-order valence-electron chi connectivity index (χ0n) is 9.64. The molecule has 2 rings (SSSR count). The van der Waals surface area contributed by atoms with Crippen molar-refractivity contribution < 1.29 is 4.74 Å². The molecule has 0 saturated heterocycles. The summed E-state index contributed by atoms with van der Waals surface area (Å²) in [7, 11) is 0. The lowest BCUT2D eigenvalue weighted by molar-refractivity contribution is 0.333. The standard InChI is InChI=1S/C12H13ClN4O/c13-11-7-15-8-12(17-11)16-5-6-18-10-3-1-9(14)2-4-10/h1-4,7-8H,5-6,14H2,(H,16,17). The number of benzene rings is 1. The molecule has 1 aromatic carbocycles. The topological polar surface area (TPSA) is 73.1 Å². The van der Waals surface area contributed by atoms with Crippen LogP contribution in [0.5, 0.6) is 5.75 Å². The lowest BCUT2D eigenvalue weighted by Crippen LogP contribution is -2.12. The molecule has 1 aromatic heterocycles. The van der Waals surface area contributed by atoms with E-state index in [4.69, 9.17) is 22.1 Å². The summed E-state index contributed by atoms with van der Waals surface area (Å²) in [6.45, 7) is 1.12. The van der Waals surface area contributed by atoms with Crippen molar-refractivity contribution in [1.82, 2.24) is 9.97 Å². The second kappa shape index (κ2) is 6.07. The minimum absolute atomic E-state index is 0.361. The number of nitrogens with two attached hydrogens (primary N) is 1. The highest BCUT2D eigenvalue weighted by Gasteiger charge is 1.96. The lowest BCUT2D eigenvalue weighted by atomic mass is 10.3. The number of nitrogen functional groups attached to an aromatic ring is 1. The molecular formula is C12H13ClN4O. The highest BCUT2D eigenvalue weighted by Crippen LogP contribution is 2.12. The van der Waals surface area contributed by atoms with Crippen molar-refractivity contribution in [3.05, 3.63) is 41.8 Å². The number of halogens is 1. The lowest BCUT2D eigenvalue weighted by Gasteiger charge is -2.08. The van der Waals surface area contributed by atoms with Crippen molar-refractivity contribution >= 4 is 23.1 Å². The van der Waals surface area contributed by atoms with E-state index in [0.717, 1.165) is 11.4 Å². The van der Waals surface area contributed by atoms with Crippen LogP contribution in [-0.2, 0) is 0 Å². The van der Waals surface area contributed by atoms with E-state index in [1.165, 1.54) is 6.20 Å². The predicted octanol–water partition coefficient (Wildman–Crippen LogP) is 2.20. The van der Waals surface area contributed by atoms with E-state index in [1.807, 2.05) is 12.1 Å². The minimum atomic E-state index is 0.361. The largest absolute Gasteiger partial charge is 0.492 e. The van der Waals surface area contributed by atoms with E-state index < -0.39 is 0 Å². The Labute approximate surface area is 110 Å². The summed E-state index contributed by atoms with van der Waals surface area (Å²) >= 11 is 5.71. The first-order valence-corrected chi connectivity index (χ1v) is 5.81. The van der Waals surface area contributed by atoms with Gasteiger partial charge >= 0.3 is 0 Å². The molecule has 0 aliphatic rings. The fourth-order valence-electron chi connectivity index (χ4n) is 1.34. The molecule has 6 heteroatoms. The van der Waals surface area contributed by atoms with Gasteiger partial charge in [-0.15, -0.1) is 0 Å². The molecule has 0 amide bonds. The number of anilines is 2. The molecule has 0 unspecified atom stereocenters. The molecular weight excluding hydrogens is 252 g/mol. The van der Waals surface area contributed by atoms with Crippen molar-refractivity contribution in [3.63, 3.8) is 0 Å². The number of hydrogen-bond acceptors (Lipinski definition) is 5. The summed E-state index contributed by atoms with van der Waals surface area (Å²) in [5, 5.41) is 3.42. The van der Waals surface area contributed by atoms with Gasteiger partial charge in [0.15, 0.2) is 0 Å². The van der Waals surface area contributed by atoms with Gasteiger partial charge in [-0.1, -0.05) is 11.6 Å². The Morgan fingerprint density at radius 1 is 1.22 bits per heavy atom. The number of hydrogen-bond donors (Lipinski definition) is 2. The second-order valence-electron chi connectivity index (χ2n) is 3.57. The number of ether oxygens (including phenoxy) is 1. The average Bonchev–Trinajstić information content (AvgIpc) is 2.37. The predicted molar refractivity (Wildman–Crippen MR) is 71.9 cm³/mol. The molecule has 0 aliphatic heterocycles. The van der Waals surface area contributed by atoms with Gasteiger partial charge in [-0.25, -0.2) is 4.98 Å². The molecule has 5 nitrogen and oxygen atoms in total. The molecule has 0 radical (unpaired) electrons. The maximum atomic E-state index is 5.71. The molecule has 2 aromatic rings. The molecule has 0 atom stereocenters. The third kappa shape index (κ3) is 3.78. The van der Waals surface area contributed by atoms with Gasteiger partial charge in [0, 0.05) is 5.69 Å². The van der Waals surface area contributed by atoms with Gasteiger partial charge in [0.25, 0.3) is 0 Å². The first-order valence-electron chi connectivity index (χ1n) is 5.44. The van der Waals surface area contributed by atoms with Crippen LogP contribution in [0, 0.1) is 0 Å². The van der Waals surface area contributed by atoms with Crippen LogP contribution in [0.1, 0.15) is 0 Å². The molecule has 1 heterocycles. The zero-order valence-corrected chi connectivity index (χ0v) is 10.4. The van der Waals surface area contributed by atoms with Crippen molar-refractivity contribution in [1.29, 1.82) is 0 Å². The number of nitrogens with one attached hydrogen (secondary N) is 1. The smallest absolute Gasteiger partial charge is 0.149 e. The van der Waals surface area contributed by atoms with Gasteiger partial charge in [0.2, 0.25) is 0 Å². The van der Waals surface area contributed by atoms with E-state index in [-0.39, 0.29) is 0 Å². The quantitative estimate of drug-likeness (QED) is 0.640. The molecule has 0 saturated carbocycles. The average molecular weight is 265 g/mol. The number of rotatable bonds is 5. The van der Waals surface area contributed by atoms with E-state index in [0.29, 0.717) is 24.1 Å². The molecule has 0 spiro atoms. The van der Waals surface area contributed by atoms with Crippen LogP contribution in [0.4, 0.5) is 11.5 Å². The summed E-state index contributed by atoms with van der Waals surface area (Å²) in [6.07, 6.45) is 3.09. The van der Waals surface area contributed by atoms with Crippen LogP contribution >= 0.6 is 11.6 Å². The van der Waals surface area contributed by atoms with Crippen molar-refractivity contribution in [2.45, 2.75) is 0 Å². The Morgan fingerprint density at radius 2 is 2.00 bits per heavy atom. The first-order chi connectivity index (χ1) is 8.74. The number of aromatic nitrogens is 2. The molecule has 94 valence electrons. The molecule has 0 aliphatic carbocycles. The minimum Gasteiger partial charge on any atom is -0.492 e. The monoisotopic (exact) mass is 264 g/mol. The van der Waals surface area contributed by atoms with Gasteiger partial charge in [0.05, 0.1) is 18.9 Å². The Kier molecular flexibility index (Phi) is 4.20. The Hall–Kier alpha value is -2.01. The van der Waals surface area contributed by atoms with E-state index >= 15 is 0 Å². The fourth-order valence-corrected chi connectivity index (χ4v) is 1.49. The Balaban J connectivity index is 1.74. The first kappa shape index (κ1) is 12.4. The van der Waals surface area contributed by atoms with Crippen LogP contribution in [-0.4, -0.2) is 23.1 Å². The molecule has 18 heavy (non-hydrogen) atoms. The Bertz CT molecular complexity index is 504. The Morgan fingerprint density at radius 3 is 2.72 bits per heavy atom. The van der Waals surface area contributed by atoms with E-state index in [1.54, 1.807) is 18.3 Å². The summed E-state index contributed by atoms with van der Waals surface area (Å²) in [6, 6.07) is 7.25. The third-order valence-electron chi connectivity index (χ3n) is 2.16. The second-order valence-corrected chi connectivity index (χ2v) is 3.96. The summed E-state index contributed by atoms with van der Waals surface area (Å²) in [5.74, 6) is 1.41. The van der Waals surface area contributed by atoms with Crippen LogP contribution < -0.4 is 15.8 Å². The highest BCUT2D eigenvalue weighted by molar-refractivity contribution is 6.29. The molecule has 0 bridgehead atoms. The van der Waals surface area contributed by atoms with Gasteiger partial charge in [-0.2, -0.15) is 0 Å². The zero-order chi connectivity index (χ0) is 12.8. The van der Waals surface area contributed by atoms with Crippen molar-refractivity contribution in [2.75, 3.05) is 24.2 Å². The van der Waals surface area contributed by atoms with Gasteiger partial charge in [-0.3, -0.25) is 4.98 Å². The van der Waals surface area contributed by atoms with Crippen molar-refractivity contribution in [3.8, 4) is 5.75 Å². The van der Waals surface area contributed by atoms with E-state index in [2.05, 4.69) is 15.3 Å². The van der Waals surface area contributed by atoms with Crippen molar-refractivity contribution in [2.24, 2.45) is 0 Å². The number of nitrogens with zero attached hydrogens (tertiary/aromatic N) is 2. The summed E-state index contributed by atoms with van der Waals surface area (Å²) < 4.78 is 5.51. The fraction of sp³-hybridized carbons (Fsp3) is 0.167. The molecule has 3 N–H and O–H groups in total. The highest BCUT2D eigenvalue weighted by atomic mass is 35.5. The van der Waals surface area contributed by atoms with E-state index in [9.17, 15) is 0 Å². The molecule has 0 fully saturated rings. The van der Waals surface area contributed by atoms with Gasteiger partial charge in [0.1, 0.15) is 23.3 Å².